The molecule has 0 aliphatic carbocycles. The Balaban J connectivity index is 1.52. The fourth-order valence-corrected chi connectivity index (χ4v) is 3.48. The van der Waals surface area contributed by atoms with E-state index in [0.29, 0.717) is 10.0 Å². The number of morpholine rings is 1. The van der Waals surface area contributed by atoms with Crippen molar-refractivity contribution in [3.8, 4) is 0 Å². The van der Waals surface area contributed by atoms with Crippen molar-refractivity contribution >= 4 is 23.2 Å². The average molecular weight is 354 g/mol. The van der Waals surface area contributed by atoms with Crippen LogP contribution in [0.4, 0.5) is 0 Å². The summed E-state index contributed by atoms with van der Waals surface area (Å²) >= 11 is 12.1. The van der Waals surface area contributed by atoms with Crippen molar-refractivity contribution in [3.63, 3.8) is 0 Å². The van der Waals surface area contributed by atoms with Crippen LogP contribution in [0.5, 0.6) is 0 Å². The van der Waals surface area contributed by atoms with Crippen molar-refractivity contribution < 1.29 is 4.74 Å². The first kappa shape index (κ1) is 16.8. The number of halogens is 2. The first-order valence-corrected chi connectivity index (χ1v) is 8.62. The highest BCUT2D eigenvalue weighted by Gasteiger charge is 2.20. The van der Waals surface area contributed by atoms with E-state index in [0.717, 1.165) is 39.2 Å². The predicted octanol–water partition coefficient (Wildman–Crippen LogP) is 3.44. The monoisotopic (exact) mass is 353 g/mol. The molecule has 0 bridgehead atoms. The maximum atomic E-state index is 6.06. The van der Waals surface area contributed by atoms with E-state index >= 15 is 0 Å². The number of aromatic nitrogens is 2. The van der Waals surface area contributed by atoms with Gasteiger partial charge in [-0.25, -0.2) is 0 Å². The van der Waals surface area contributed by atoms with Gasteiger partial charge in [0.15, 0.2) is 0 Å². The summed E-state index contributed by atoms with van der Waals surface area (Å²) in [5.41, 5.74) is 2.35. The van der Waals surface area contributed by atoms with Crippen LogP contribution in [0.15, 0.2) is 30.6 Å². The Labute approximate surface area is 146 Å². The minimum atomic E-state index is 0.186. The van der Waals surface area contributed by atoms with Crippen molar-refractivity contribution in [2.75, 3.05) is 26.2 Å². The van der Waals surface area contributed by atoms with Crippen LogP contribution >= 0.6 is 23.2 Å². The minimum Gasteiger partial charge on any atom is -0.374 e. The smallest absolute Gasteiger partial charge is 0.0898 e. The molecule has 2 aromatic rings. The highest BCUT2D eigenvalue weighted by Crippen LogP contribution is 2.20. The Kier molecular flexibility index (Phi) is 5.59. The van der Waals surface area contributed by atoms with E-state index in [9.17, 15) is 0 Å². The predicted molar refractivity (Wildman–Crippen MR) is 93.3 cm³/mol. The maximum Gasteiger partial charge on any atom is 0.0898 e. The molecule has 0 N–H and O–H groups in total. The van der Waals surface area contributed by atoms with Crippen LogP contribution in [0, 0.1) is 6.92 Å². The second-order valence-corrected chi connectivity index (χ2v) is 6.93. The fourth-order valence-electron chi connectivity index (χ4n) is 2.91. The summed E-state index contributed by atoms with van der Waals surface area (Å²) in [7, 11) is 0. The summed E-state index contributed by atoms with van der Waals surface area (Å²) in [6.07, 6.45) is 5.05. The molecule has 1 aromatic heterocycles. The van der Waals surface area contributed by atoms with Gasteiger partial charge in [0.25, 0.3) is 0 Å². The third-order valence-corrected chi connectivity index (χ3v) is 4.45. The van der Waals surface area contributed by atoms with Crippen LogP contribution in [0.25, 0.3) is 0 Å². The van der Waals surface area contributed by atoms with Gasteiger partial charge in [-0.2, -0.15) is 5.10 Å². The van der Waals surface area contributed by atoms with Crippen LogP contribution in [0.3, 0.4) is 0 Å². The summed E-state index contributed by atoms with van der Waals surface area (Å²) in [5, 5.41) is 5.73. The standard InChI is InChI=1S/C17H21Cl2N3O/c1-13-9-20-22(10-13)12-17-11-21(4-5-23-17)3-2-14-6-15(18)8-16(19)7-14/h6-10,17H,2-5,11-12H2,1H3. The molecule has 3 rings (SSSR count). The van der Waals surface area contributed by atoms with E-state index in [-0.39, 0.29) is 6.10 Å². The second-order valence-electron chi connectivity index (χ2n) is 6.06. The SMILES string of the molecule is Cc1cnn(CC2CN(CCc3cc(Cl)cc(Cl)c3)CCO2)c1. The van der Waals surface area contributed by atoms with Gasteiger partial charge in [0.2, 0.25) is 0 Å². The third kappa shape index (κ3) is 4.95. The van der Waals surface area contributed by atoms with Crippen LogP contribution in [-0.4, -0.2) is 47.0 Å². The van der Waals surface area contributed by atoms with E-state index in [1.54, 1.807) is 6.07 Å². The van der Waals surface area contributed by atoms with Crippen molar-refractivity contribution in [1.82, 2.24) is 14.7 Å². The van der Waals surface area contributed by atoms with Gasteiger partial charge in [0.1, 0.15) is 0 Å². The third-order valence-electron chi connectivity index (χ3n) is 4.01. The van der Waals surface area contributed by atoms with Gasteiger partial charge >= 0.3 is 0 Å². The molecule has 0 spiro atoms. The first-order chi connectivity index (χ1) is 11.1. The molecule has 2 heterocycles. The largest absolute Gasteiger partial charge is 0.374 e. The first-order valence-electron chi connectivity index (χ1n) is 7.86. The minimum absolute atomic E-state index is 0.186. The number of nitrogens with zero attached hydrogens (tertiary/aromatic N) is 3. The van der Waals surface area contributed by atoms with Gasteiger partial charge in [-0.1, -0.05) is 23.2 Å². The quantitative estimate of drug-likeness (QED) is 0.824. The summed E-state index contributed by atoms with van der Waals surface area (Å²) in [6, 6.07) is 5.74. The molecule has 1 fully saturated rings. The van der Waals surface area contributed by atoms with E-state index in [4.69, 9.17) is 27.9 Å². The number of benzene rings is 1. The van der Waals surface area contributed by atoms with Crippen molar-refractivity contribution in [2.45, 2.75) is 26.0 Å². The molecule has 4 nitrogen and oxygen atoms in total. The van der Waals surface area contributed by atoms with E-state index in [2.05, 4.69) is 16.2 Å². The lowest BCUT2D eigenvalue weighted by Gasteiger charge is -2.32. The van der Waals surface area contributed by atoms with Crippen molar-refractivity contribution in [3.05, 3.63) is 51.8 Å². The molecule has 1 unspecified atom stereocenters. The Bertz CT molecular complexity index is 639. The normalized spacial score (nSPS) is 19.2. The number of hydrogen-bond acceptors (Lipinski definition) is 3. The molecule has 1 aliphatic heterocycles. The molecule has 23 heavy (non-hydrogen) atoms. The van der Waals surface area contributed by atoms with Gasteiger partial charge in [0, 0.05) is 35.9 Å². The molecular weight excluding hydrogens is 333 g/mol. The molecule has 1 saturated heterocycles. The molecule has 0 radical (unpaired) electrons. The lowest BCUT2D eigenvalue weighted by Crippen LogP contribution is -2.44. The van der Waals surface area contributed by atoms with Crippen LogP contribution < -0.4 is 0 Å². The Hall–Kier alpha value is -1.07. The van der Waals surface area contributed by atoms with Crippen molar-refractivity contribution in [2.24, 2.45) is 0 Å². The van der Waals surface area contributed by atoms with Gasteiger partial charge in [-0.15, -0.1) is 0 Å². The molecular formula is C17H21Cl2N3O. The highest BCUT2D eigenvalue weighted by molar-refractivity contribution is 6.34. The molecule has 0 saturated carbocycles. The number of aryl methyl sites for hydroxylation is 1. The fraction of sp³-hybridized carbons (Fsp3) is 0.471. The highest BCUT2D eigenvalue weighted by atomic mass is 35.5. The second kappa shape index (κ2) is 7.67. The summed E-state index contributed by atoms with van der Waals surface area (Å²) < 4.78 is 7.83. The van der Waals surface area contributed by atoms with E-state index in [1.165, 1.54) is 11.1 Å². The zero-order valence-electron chi connectivity index (χ0n) is 13.2. The number of ether oxygens (including phenoxy) is 1. The average Bonchev–Trinajstić information content (AvgIpc) is 2.90. The summed E-state index contributed by atoms with van der Waals surface area (Å²) in [5.74, 6) is 0. The van der Waals surface area contributed by atoms with Gasteiger partial charge in [-0.05, 0) is 42.7 Å². The lowest BCUT2D eigenvalue weighted by atomic mass is 10.1. The molecule has 1 aromatic carbocycles. The topological polar surface area (TPSA) is 30.3 Å². The summed E-state index contributed by atoms with van der Waals surface area (Å²) in [6.45, 7) is 6.48. The molecule has 1 atom stereocenters. The molecule has 6 heteroatoms. The van der Waals surface area contributed by atoms with Crippen molar-refractivity contribution in [1.29, 1.82) is 0 Å². The van der Waals surface area contributed by atoms with Gasteiger partial charge in [-0.3, -0.25) is 9.58 Å². The Morgan fingerprint density at radius 1 is 1.26 bits per heavy atom. The summed E-state index contributed by atoms with van der Waals surface area (Å²) in [4.78, 5) is 2.43. The molecule has 1 aliphatic rings. The molecule has 124 valence electrons. The zero-order chi connectivity index (χ0) is 16.2. The Morgan fingerprint density at radius 2 is 2.04 bits per heavy atom. The van der Waals surface area contributed by atoms with Gasteiger partial charge in [0.05, 0.1) is 25.5 Å². The lowest BCUT2D eigenvalue weighted by molar-refractivity contribution is -0.0370. The molecule has 0 amide bonds. The number of rotatable bonds is 5. The number of hydrogen-bond donors (Lipinski definition) is 0. The zero-order valence-corrected chi connectivity index (χ0v) is 14.7. The van der Waals surface area contributed by atoms with Crippen LogP contribution in [0.2, 0.25) is 10.0 Å². The van der Waals surface area contributed by atoms with E-state index < -0.39 is 0 Å². The van der Waals surface area contributed by atoms with Gasteiger partial charge < -0.3 is 4.74 Å². The van der Waals surface area contributed by atoms with E-state index in [1.807, 2.05) is 29.9 Å². The Morgan fingerprint density at radius 3 is 2.74 bits per heavy atom. The maximum absolute atomic E-state index is 6.06. The van der Waals surface area contributed by atoms with Crippen LogP contribution in [-0.2, 0) is 17.7 Å². The van der Waals surface area contributed by atoms with Crippen LogP contribution in [0.1, 0.15) is 11.1 Å².